The van der Waals surface area contributed by atoms with E-state index in [9.17, 15) is 4.79 Å². The number of aryl methyl sites for hydroxylation is 1. The summed E-state index contributed by atoms with van der Waals surface area (Å²) in [5, 5.41) is 3.07. The average Bonchev–Trinajstić information content (AvgIpc) is 3.28. The summed E-state index contributed by atoms with van der Waals surface area (Å²) < 4.78 is 0. The molecule has 27 heavy (non-hydrogen) atoms. The molecule has 0 aliphatic carbocycles. The first-order valence-corrected chi connectivity index (χ1v) is 9.66. The van der Waals surface area contributed by atoms with E-state index in [0.29, 0.717) is 5.92 Å². The molecule has 1 unspecified atom stereocenters. The molecule has 3 aromatic rings. The fourth-order valence-electron chi connectivity index (χ4n) is 3.87. The molecule has 1 aliphatic heterocycles. The van der Waals surface area contributed by atoms with Gasteiger partial charge in [-0.25, -0.2) is 9.78 Å². The molecule has 5 heteroatoms. The summed E-state index contributed by atoms with van der Waals surface area (Å²) in [6, 6.07) is 14.3. The van der Waals surface area contributed by atoms with Crippen LogP contribution >= 0.6 is 0 Å². The van der Waals surface area contributed by atoms with Crippen molar-refractivity contribution in [1.29, 1.82) is 0 Å². The SMILES string of the molecule is Cc1ccccc1C1CCCN1C(=O)Nc1ccc2nc(C(C)C)[nH]c2c1. The zero-order chi connectivity index (χ0) is 19.0. The number of imidazole rings is 1. The third kappa shape index (κ3) is 3.42. The summed E-state index contributed by atoms with van der Waals surface area (Å²) in [4.78, 5) is 22.8. The Labute approximate surface area is 159 Å². The number of anilines is 1. The molecule has 1 aromatic heterocycles. The van der Waals surface area contributed by atoms with Crippen LogP contribution in [0.15, 0.2) is 42.5 Å². The van der Waals surface area contributed by atoms with Crippen LogP contribution in [-0.4, -0.2) is 27.4 Å². The van der Waals surface area contributed by atoms with Crippen molar-refractivity contribution in [3.05, 3.63) is 59.4 Å². The molecule has 0 bridgehead atoms. The molecule has 4 rings (SSSR count). The number of urea groups is 1. The van der Waals surface area contributed by atoms with Crippen molar-refractivity contribution >= 4 is 22.8 Å². The molecule has 1 aliphatic rings. The van der Waals surface area contributed by atoms with Gasteiger partial charge in [0.25, 0.3) is 0 Å². The van der Waals surface area contributed by atoms with Crippen molar-refractivity contribution in [2.45, 2.75) is 45.6 Å². The lowest BCUT2D eigenvalue weighted by Crippen LogP contribution is -2.34. The van der Waals surface area contributed by atoms with Crippen molar-refractivity contribution in [3.8, 4) is 0 Å². The van der Waals surface area contributed by atoms with E-state index in [-0.39, 0.29) is 12.1 Å². The van der Waals surface area contributed by atoms with Crippen LogP contribution in [0.1, 0.15) is 55.6 Å². The lowest BCUT2D eigenvalue weighted by molar-refractivity contribution is 0.207. The molecule has 5 nitrogen and oxygen atoms in total. The smallest absolute Gasteiger partial charge is 0.322 e. The van der Waals surface area contributed by atoms with E-state index in [1.807, 2.05) is 29.2 Å². The summed E-state index contributed by atoms with van der Waals surface area (Å²) in [5.74, 6) is 1.31. The van der Waals surface area contributed by atoms with Crippen LogP contribution in [-0.2, 0) is 0 Å². The lowest BCUT2D eigenvalue weighted by atomic mass is 9.99. The second-order valence-corrected chi connectivity index (χ2v) is 7.65. The third-order valence-electron chi connectivity index (χ3n) is 5.36. The Morgan fingerprint density at radius 1 is 1.26 bits per heavy atom. The Bertz CT molecular complexity index is 975. The van der Waals surface area contributed by atoms with Crippen LogP contribution < -0.4 is 5.32 Å². The Kier molecular flexibility index (Phi) is 4.60. The van der Waals surface area contributed by atoms with Crippen molar-refractivity contribution in [2.24, 2.45) is 0 Å². The zero-order valence-corrected chi connectivity index (χ0v) is 16.1. The van der Waals surface area contributed by atoms with Crippen molar-refractivity contribution in [2.75, 3.05) is 11.9 Å². The standard InChI is InChI=1S/C22H26N4O/c1-14(2)21-24-18-11-10-16(13-19(18)25-21)23-22(27)26-12-6-9-20(26)17-8-5-4-7-15(17)3/h4-5,7-8,10-11,13-14,20H,6,9,12H2,1-3H3,(H,23,27)(H,24,25). The predicted molar refractivity (Wildman–Crippen MR) is 109 cm³/mol. The number of aromatic amines is 1. The van der Waals surface area contributed by atoms with E-state index in [0.717, 1.165) is 41.9 Å². The van der Waals surface area contributed by atoms with Crippen LogP contribution in [0, 0.1) is 6.92 Å². The normalized spacial score (nSPS) is 17.0. The third-order valence-corrected chi connectivity index (χ3v) is 5.36. The van der Waals surface area contributed by atoms with Gasteiger partial charge in [-0.1, -0.05) is 38.1 Å². The number of aromatic nitrogens is 2. The number of benzene rings is 2. The Hall–Kier alpha value is -2.82. The maximum atomic E-state index is 12.9. The quantitative estimate of drug-likeness (QED) is 0.658. The first-order valence-electron chi connectivity index (χ1n) is 9.66. The second-order valence-electron chi connectivity index (χ2n) is 7.65. The van der Waals surface area contributed by atoms with Crippen LogP contribution in [0.25, 0.3) is 11.0 Å². The number of nitrogens with one attached hydrogen (secondary N) is 2. The minimum absolute atomic E-state index is 0.0382. The Morgan fingerprint density at radius 3 is 2.85 bits per heavy atom. The highest BCUT2D eigenvalue weighted by molar-refractivity contribution is 5.92. The second kappa shape index (κ2) is 7.06. The number of rotatable bonds is 3. The van der Waals surface area contributed by atoms with Gasteiger partial charge in [0.2, 0.25) is 0 Å². The van der Waals surface area contributed by atoms with E-state index in [1.165, 1.54) is 11.1 Å². The van der Waals surface area contributed by atoms with Crippen LogP contribution in [0.4, 0.5) is 10.5 Å². The number of H-pyrrole nitrogens is 1. The van der Waals surface area contributed by atoms with Crippen LogP contribution in [0.5, 0.6) is 0 Å². The van der Waals surface area contributed by atoms with Crippen LogP contribution in [0.3, 0.4) is 0 Å². The zero-order valence-electron chi connectivity index (χ0n) is 16.1. The largest absolute Gasteiger partial charge is 0.342 e. The van der Waals surface area contributed by atoms with Gasteiger partial charge in [0, 0.05) is 18.2 Å². The number of amides is 2. The minimum atomic E-state index is -0.0382. The molecule has 0 spiro atoms. The van der Waals surface area contributed by atoms with E-state index in [4.69, 9.17) is 0 Å². The maximum Gasteiger partial charge on any atom is 0.322 e. The molecule has 0 saturated carbocycles. The fourth-order valence-corrected chi connectivity index (χ4v) is 3.87. The molecule has 1 atom stereocenters. The molecule has 2 heterocycles. The highest BCUT2D eigenvalue weighted by Gasteiger charge is 2.30. The van der Waals surface area contributed by atoms with Gasteiger partial charge in [-0.15, -0.1) is 0 Å². The number of hydrogen-bond donors (Lipinski definition) is 2. The first kappa shape index (κ1) is 17.6. The number of hydrogen-bond acceptors (Lipinski definition) is 2. The topological polar surface area (TPSA) is 61.0 Å². The summed E-state index contributed by atoms with van der Waals surface area (Å²) in [6.07, 6.45) is 2.04. The van der Waals surface area contributed by atoms with E-state index >= 15 is 0 Å². The van der Waals surface area contributed by atoms with Gasteiger partial charge in [0.1, 0.15) is 5.82 Å². The summed E-state index contributed by atoms with van der Waals surface area (Å²) >= 11 is 0. The Morgan fingerprint density at radius 2 is 2.07 bits per heavy atom. The Balaban J connectivity index is 1.54. The molecular weight excluding hydrogens is 336 g/mol. The van der Waals surface area contributed by atoms with Gasteiger partial charge in [-0.2, -0.15) is 0 Å². The number of carbonyl (C=O) groups is 1. The van der Waals surface area contributed by atoms with Gasteiger partial charge in [0.05, 0.1) is 17.1 Å². The average molecular weight is 362 g/mol. The molecule has 1 fully saturated rings. The summed E-state index contributed by atoms with van der Waals surface area (Å²) in [6.45, 7) is 7.12. The first-order chi connectivity index (χ1) is 13.0. The molecule has 140 valence electrons. The molecular formula is C22H26N4O. The van der Waals surface area contributed by atoms with Gasteiger partial charge in [-0.05, 0) is 49.1 Å². The highest BCUT2D eigenvalue weighted by atomic mass is 16.2. The van der Waals surface area contributed by atoms with Crippen LogP contribution in [0.2, 0.25) is 0 Å². The predicted octanol–water partition coefficient (Wildman–Crippen LogP) is 5.36. The molecule has 1 saturated heterocycles. The monoisotopic (exact) mass is 362 g/mol. The number of fused-ring (bicyclic) bond motifs is 1. The van der Waals surface area contributed by atoms with Crippen molar-refractivity contribution in [3.63, 3.8) is 0 Å². The number of likely N-dealkylation sites (tertiary alicyclic amines) is 1. The molecule has 2 aromatic carbocycles. The van der Waals surface area contributed by atoms with Crippen molar-refractivity contribution < 1.29 is 4.79 Å². The fraction of sp³-hybridized carbons (Fsp3) is 0.364. The van der Waals surface area contributed by atoms with Crippen molar-refractivity contribution in [1.82, 2.24) is 14.9 Å². The minimum Gasteiger partial charge on any atom is -0.342 e. The highest BCUT2D eigenvalue weighted by Crippen LogP contribution is 2.34. The van der Waals surface area contributed by atoms with Gasteiger partial charge in [-0.3, -0.25) is 0 Å². The molecule has 2 N–H and O–H groups in total. The van der Waals surface area contributed by atoms with E-state index < -0.39 is 0 Å². The molecule has 2 amide bonds. The molecule has 0 radical (unpaired) electrons. The van der Waals surface area contributed by atoms with Gasteiger partial charge >= 0.3 is 6.03 Å². The summed E-state index contributed by atoms with van der Waals surface area (Å²) in [7, 11) is 0. The van der Waals surface area contributed by atoms with E-state index in [2.05, 4.69) is 54.3 Å². The van der Waals surface area contributed by atoms with Gasteiger partial charge in [0.15, 0.2) is 0 Å². The number of nitrogens with zero attached hydrogens (tertiary/aromatic N) is 2. The number of carbonyl (C=O) groups excluding carboxylic acids is 1. The van der Waals surface area contributed by atoms with Gasteiger partial charge < -0.3 is 15.2 Å². The maximum absolute atomic E-state index is 12.9. The summed E-state index contributed by atoms with van der Waals surface area (Å²) in [5.41, 5.74) is 5.16. The van der Waals surface area contributed by atoms with E-state index in [1.54, 1.807) is 0 Å². The lowest BCUT2D eigenvalue weighted by Gasteiger charge is -2.26.